The monoisotopic (exact) mass is 578 g/mol. The highest BCUT2D eigenvalue weighted by atomic mass is 32.2. The van der Waals surface area contributed by atoms with Crippen LogP contribution in [-0.2, 0) is 16.0 Å². The Morgan fingerprint density at radius 3 is 2.63 bits per heavy atom. The number of rotatable bonds is 4. The van der Waals surface area contributed by atoms with Crippen LogP contribution in [0.15, 0.2) is 64.5 Å². The van der Waals surface area contributed by atoms with Crippen LogP contribution in [0.2, 0.25) is 0 Å². The summed E-state index contributed by atoms with van der Waals surface area (Å²) in [6.07, 6.45) is 0.669. The van der Waals surface area contributed by atoms with Gasteiger partial charge in [0.2, 0.25) is 11.8 Å². The predicted molar refractivity (Wildman–Crippen MR) is 156 cm³/mol. The molecule has 0 aromatic heterocycles. The van der Waals surface area contributed by atoms with Gasteiger partial charge in [-0.15, -0.1) is 0 Å². The normalized spacial score (nSPS) is 28.8. The van der Waals surface area contributed by atoms with Crippen LogP contribution >= 0.6 is 10.7 Å². The van der Waals surface area contributed by atoms with Gasteiger partial charge in [0.15, 0.2) is 5.96 Å². The number of nitrogens with zero attached hydrogens (tertiary/aromatic N) is 4. The van der Waals surface area contributed by atoms with E-state index >= 15 is 0 Å². The van der Waals surface area contributed by atoms with Crippen LogP contribution in [0.1, 0.15) is 25.3 Å². The average Bonchev–Trinajstić information content (AvgIpc) is 3.55. The number of nitrogens with one attached hydrogen (secondary N) is 2. The van der Waals surface area contributed by atoms with Crippen LogP contribution < -0.4 is 22.1 Å². The number of carbonyl (C=O) groups excluding carboxylic acids is 3. The molecule has 2 aromatic rings. The maximum Gasteiger partial charge on any atom is 0.356 e. The molecule has 2 fully saturated rings. The summed E-state index contributed by atoms with van der Waals surface area (Å²) in [5.74, 6) is -0.829. The maximum absolute atomic E-state index is 13.9. The van der Waals surface area contributed by atoms with Crippen molar-refractivity contribution in [3.63, 3.8) is 0 Å². The number of para-hydroxylation sites is 1. The highest BCUT2D eigenvalue weighted by molar-refractivity contribution is 8.15. The van der Waals surface area contributed by atoms with Crippen molar-refractivity contribution in [2.45, 2.75) is 49.3 Å². The quantitative estimate of drug-likeness (QED) is 0.202. The van der Waals surface area contributed by atoms with E-state index in [0.29, 0.717) is 37.3 Å². The van der Waals surface area contributed by atoms with Gasteiger partial charge in [0.05, 0.1) is 28.7 Å². The average molecular weight is 579 g/mol. The lowest BCUT2D eigenvalue weighted by Gasteiger charge is -2.45. The molecular formula is C28H34N8O4S. The molecule has 0 saturated carbocycles. The lowest BCUT2D eigenvalue weighted by molar-refractivity contribution is -0.171. The first kappa shape index (κ1) is 27.2. The zero-order valence-corrected chi connectivity index (χ0v) is 23.5. The molecular weight excluding hydrogens is 544 g/mol. The Labute approximate surface area is 240 Å². The van der Waals surface area contributed by atoms with Gasteiger partial charge in [-0.1, -0.05) is 49.4 Å². The molecule has 0 spiro atoms. The minimum atomic E-state index is -1.09. The van der Waals surface area contributed by atoms with Gasteiger partial charge < -0.3 is 27.2 Å². The highest BCUT2D eigenvalue weighted by Gasteiger charge is 2.51. The van der Waals surface area contributed by atoms with Crippen molar-refractivity contribution in [2.75, 3.05) is 25.0 Å². The molecule has 2 aromatic carbocycles. The molecule has 4 amide bonds. The van der Waals surface area contributed by atoms with E-state index in [1.807, 2.05) is 66.5 Å². The number of fused-ring (bicyclic) bond motifs is 3. The molecule has 4 heterocycles. The Morgan fingerprint density at radius 2 is 1.88 bits per heavy atom. The van der Waals surface area contributed by atoms with Crippen molar-refractivity contribution in [1.29, 1.82) is 0 Å². The maximum atomic E-state index is 13.9. The summed E-state index contributed by atoms with van der Waals surface area (Å²) in [7, 11) is -0.957. The highest BCUT2D eigenvalue weighted by Crippen LogP contribution is 2.46. The molecule has 5 atom stereocenters. The van der Waals surface area contributed by atoms with Gasteiger partial charge in [-0.3, -0.25) is 18.9 Å². The second kappa shape index (κ2) is 10.5. The fourth-order valence-corrected chi connectivity index (χ4v) is 8.48. The molecule has 0 bridgehead atoms. The van der Waals surface area contributed by atoms with E-state index in [1.165, 1.54) is 4.31 Å². The van der Waals surface area contributed by atoms with Crippen LogP contribution in [0, 0.1) is 5.41 Å². The van der Waals surface area contributed by atoms with Gasteiger partial charge in [-0.05, 0) is 47.6 Å². The Morgan fingerprint density at radius 1 is 1.15 bits per heavy atom. The molecule has 2 saturated heterocycles. The molecule has 7 N–H and O–H groups in total. The summed E-state index contributed by atoms with van der Waals surface area (Å²) in [6.45, 7) is 3.22. The number of aliphatic hydroxyl groups is 1. The number of carbonyl (C=O) groups is 3. The van der Waals surface area contributed by atoms with Gasteiger partial charge >= 0.3 is 6.03 Å². The minimum Gasteiger partial charge on any atom is -0.384 e. The molecule has 4 aliphatic heterocycles. The van der Waals surface area contributed by atoms with Crippen LogP contribution in [0.5, 0.6) is 0 Å². The Kier molecular flexibility index (Phi) is 6.96. The van der Waals surface area contributed by atoms with Crippen molar-refractivity contribution in [3.8, 4) is 0 Å². The number of nitrogens with two attached hydrogens (primary N) is 2. The van der Waals surface area contributed by atoms with Gasteiger partial charge in [-0.2, -0.15) is 4.99 Å². The third kappa shape index (κ3) is 4.83. The van der Waals surface area contributed by atoms with Crippen molar-refractivity contribution < 1.29 is 19.5 Å². The summed E-state index contributed by atoms with van der Waals surface area (Å²) in [6, 6.07) is 15.1. The van der Waals surface area contributed by atoms with Gasteiger partial charge in [0, 0.05) is 18.0 Å². The molecule has 41 heavy (non-hydrogen) atoms. The van der Waals surface area contributed by atoms with Gasteiger partial charge in [-0.25, -0.2) is 9.80 Å². The molecule has 216 valence electrons. The SMILES string of the molecule is C[C@@]1(Cc2ccccc2)CCN2CC[C@@H](C(=O)N[C@H]3CN(C(=O)N=C(N)N)S4=C(Nc5ccccc54)C3O)N2C1=O. The summed E-state index contributed by atoms with van der Waals surface area (Å²) in [5, 5.41) is 21.1. The van der Waals surface area contributed by atoms with E-state index in [-0.39, 0.29) is 24.3 Å². The summed E-state index contributed by atoms with van der Waals surface area (Å²) < 4.78 is 1.47. The zero-order chi connectivity index (χ0) is 28.9. The smallest absolute Gasteiger partial charge is 0.356 e. The summed E-state index contributed by atoms with van der Waals surface area (Å²) >= 11 is 0. The molecule has 13 heteroatoms. The molecule has 0 aliphatic carbocycles. The van der Waals surface area contributed by atoms with Crippen LogP contribution in [0.4, 0.5) is 10.5 Å². The molecule has 4 aliphatic rings. The van der Waals surface area contributed by atoms with Crippen molar-refractivity contribution in [1.82, 2.24) is 19.6 Å². The first-order valence-electron chi connectivity index (χ1n) is 13.7. The summed E-state index contributed by atoms with van der Waals surface area (Å²) in [4.78, 5) is 45.8. The Hall–Kier alpha value is -3.94. The zero-order valence-electron chi connectivity index (χ0n) is 22.7. The number of hydrazine groups is 1. The van der Waals surface area contributed by atoms with Crippen molar-refractivity contribution >= 4 is 45.2 Å². The topological polar surface area (TPSA) is 170 Å². The van der Waals surface area contributed by atoms with E-state index in [9.17, 15) is 19.5 Å². The van der Waals surface area contributed by atoms with Crippen molar-refractivity contribution in [2.24, 2.45) is 21.9 Å². The van der Waals surface area contributed by atoms with E-state index in [1.54, 1.807) is 5.01 Å². The number of amides is 4. The van der Waals surface area contributed by atoms with Crippen LogP contribution in [0.25, 0.3) is 0 Å². The lowest BCUT2D eigenvalue weighted by atomic mass is 9.78. The first-order chi connectivity index (χ1) is 19.7. The predicted octanol–water partition coefficient (Wildman–Crippen LogP) is 0.810. The second-order valence-electron chi connectivity index (χ2n) is 11.1. The number of urea groups is 1. The first-order valence-corrected chi connectivity index (χ1v) is 14.8. The molecule has 2 unspecified atom stereocenters. The molecule has 6 rings (SSSR count). The number of anilines is 1. The lowest BCUT2D eigenvalue weighted by Crippen LogP contribution is -2.63. The van der Waals surface area contributed by atoms with E-state index in [4.69, 9.17) is 11.5 Å². The fraction of sp³-hybridized carbons (Fsp3) is 0.393. The number of guanidine groups is 1. The standard InChI is InChI=1S/C28H34N8O4S/c1-28(15-17-7-3-2-4-8-17)12-14-34-13-11-20(36(34)25(28)39)23(38)31-19-16-35(27(40)33-26(29)30)41-21-10-6-5-9-18(21)32-24(41)22(19)37/h2-10,19-20,22,32,37H,11-16H2,1H3,(H,31,38)(H4,29,30,33,40)/t19-,20-,22?,28-,41?/m0/s1. The number of hydrogen-bond acceptors (Lipinski definition) is 6. The number of aliphatic imine (C=N–C) groups is 1. The van der Waals surface area contributed by atoms with Crippen LogP contribution in [-0.4, -0.2) is 86.0 Å². The third-order valence-electron chi connectivity index (χ3n) is 8.21. The Balaban J connectivity index is 1.23. The third-order valence-corrected chi connectivity index (χ3v) is 10.5. The van der Waals surface area contributed by atoms with Crippen LogP contribution in [0.3, 0.4) is 0 Å². The van der Waals surface area contributed by atoms with Gasteiger partial charge in [0.1, 0.15) is 12.1 Å². The Bertz CT molecular complexity index is 1460. The van der Waals surface area contributed by atoms with E-state index in [0.717, 1.165) is 16.1 Å². The summed E-state index contributed by atoms with van der Waals surface area (Å²) in [5.41, 5.74) is 12.2. The second-order valence-corrected chi connectivity index (χ2v) is 13.0. The fourth-order valence-electron chi connectivity index (χ4n) is 6.13. The van der Waals surface area contributed by atoms with Crippen molar-refractivity contribution in [3.05, 3.63) is 60.2 Å². The minimum absolute atomic E-state index is 0.0127. The van der Waals surface area contributed by atoms with E-state index < -0.39 is 40.3 Å². The molecule has 12 nitrogen and oxygen atoms in total. The number of hydrogen-bond donors (Lipinski definition) is 5. The number of benzene rings is 2. The largest absolute Gasteiger partial charge is 0.384 e. The number of aliphatic hydroxyl groups excluding tert-OH is 1. The molecule has 0 radical (unpaired) electrons. The van der Waals surface area contributed by atoms with Gasteiger partial charge in [0.25, 0.3) is 0 Å². The van der Waals surface area contributed by atoms with E-state index in [2.05, 4.69) is 15.6 Å².